The zero-order valence-corrected chi connectivity index (χ0v) is 12.5. The second-order valence-corrected chi connectivity index (χ2v) is 5.20. The summed E-state index contributed by atoms with van der Waals surface area (Å²) < 4.78 is 10.5. The van der Waals surface area contributed by atoms with Crippen molar-refractivity contribution < 1.29 is 14.6 Å². The fraction of sp³-hybridized carbons (Fsp3) is 0.571. The van der Waals surface area contributed by atoms with Gasteiger partial charge in [0.25, 0.3) is 0 Å². The van der Waals surface area contributed by atoms with Crippen LogP contribution in [0.2, 0.25) is 5.02 Å². The zero-order valence-electron chi connectivity index (χ0n) is 11.7. The van der Waals surface area contributed by atoms with Gasteiger partial charge in [-0.25, -0.2) is 0 Å². The summed E-state index contributed by atoms with van der Waals surface area (Å²) in [6.45, 7) is 6.89. The zero-order chi connectivity index (χ0) is 14.3. The highest BCUT2D eigenvalue weighted by Gasteiger charge is 2.09. The smallest absolute Gasteiger partial charge is 0.162 e. The molecule has 0 heterocycles. The minimum atomic E-state index is 0.127. The van der Waals surface area contributed by atoms with Crippen molar-refractivity contribution in [2.75, 3.05) is 26.9 Å². The van der Waals surface area contributed by atoms with E-state index in [1.165, 1.54) is 7.11 Å². The molecule has 0 amide bonds. The summed E-state index contributed by atoms with van der Waals surface area (Å²) in [6, 6.07) is 3.31. The molecule has 0 aromatic heterocycles. The highest BCUT2D eigenvalue weighted by atomic mass is 35.5. The topological polar surface area (TPSA) is 50.7 Å². The molecule has 1 aromatic carbocycles. The number of nitrogens with one attached hydrogen (secondary N) is 1. The van der Waals surface area contributed by atoms with E-state index < -0.39 is 0 Å². The summed E-state index contributed by atoms with van der Waals surface area (Å²) >= 11 is 5.95. The van der Waals surface area contributed by atoms with E-state index in [-0.39, 0.29) is 5.75 Å². The van der Waals surface area contributed by atoms with Crippen molar-refractivity contribution in [3.63, 3.8) is 0 Å². The molecule has 0 fully saturated rings. The third-order valence-electron chi connectivity index (χ3n) is 2.53. The molecule has 5 heteroatoms. The van der Waals surface area contributed by atoms with E-state index in [9.17, 15) is 5.11 Å². The number of rotatable bonds is 8. The average Bonchev–Trinajstić information content (AvgIpc) is 2.36. The molecular weight excluding hydrogens is 266 g/mol. The first-order valence-electron chi connectivity index (χ1n) is 6.38. The fourth-order valence-electron chi connectivity index (χ4n) is 1.61. The number of hydrogen-bond donors (Lipinski definition) is 2. The van der Waals surface area contributed by atoms with Gasteiger partial charge < -0.3 is 19.9 Å². The maximum atomic E-state index is 9.93. The Morgan fingerprint density at radius 1 is 1.37 bits per heavy atom. The number of methoxy groups -OCH3 is 1. The average molecular weight is 288 g/mol. The van der Waals surface area contributed by atoms with E-state index in [4.69, 9.17) is 21.1 Å². The second-order valence-electron chi connectivity index (χ2n) is 4.76. The third kappa shape index (κ3) is 5.68. The van der Waals surface area contributed by atoms with Crippen LogP contribution in [0.15, 0.2) is 12.1 Å². The van der Waals surface area contributed by atoms with E-state index in [1.54, 1.807) is 12.1 Å². The lowest BCUT2D eigenvalue weighted by molar-refractivity contribution is 0.111. The van der Waals surface area contributed by atoms with Gasteiger partial charge in [0.1, 0.15) is 0 Å². The molecule has 0 aliphatic rings. The molecule has 0 unspecified atom stereocenters. The minimum Gasteiger partial charge on any atom is -0.504 e. The van der Waals surface area contributed by atoms with Gasteiger partial charge in [-0.05, 0) is 12.0 Å². The van der Waals surface area contributed by atoms with Gasteiger partial charge in [-0.1, -0.05) is 25.4 Å². The van der Waals surface area contributed by atoms with E-state index in [0.717, 1.165) is 13.2 Å². The lowest BCUT2D eigenvalue weighted by atomic mass is 10.2. The van der Waals surface area contributed by atoms with Gasteiger partial charge in [0.2, 0.25) is 0 Å². The Bertz CT molecular complexity index is 397. The highest BCUT2D eigenvalue weighted by molar-refractivity contribution is 6.30. The number of halogens is 1. The van der Waals surface area contributed by atoms with Crippen molar-refractivity contribution in [3.8, 4) is 11.5 Å². The second kappa shape index (κ2) is 8.25. The van der Waals surface area contributed by atoms with Gasteiger partial charge in [-0.2, -0.15) is 0 Å². The largest absolute Gasteiger partial charge is 0.504 e. The summed E-state index contributed by atoms with van der Waals surface area (Å²) in [5.41, 5.74) is 0.716. The van der Waals surface area contributed by atoms with Gasteiger partial charge in [0.05, 0.1) is 13.7 Å². The summed E-state index contributed by atoms with van der Waals surface area (Å²) in [7, 11) is 1.50. The Hall–Kier alpha value is -0.970. The van der Waals surface area contributed by atoms with Crippen LogP contribution in [-0.2, 0) is 11.3 Å². The van der Waals surface area contributed by atoms with Crippen molar-refractivity contribution in [1.29, 1.82) is 0 Å². The van der Waals surface area contributed by atoms with Crippen molar-refractivity contribution in [1.82, 2.24) is 5.32 Å². The molecule has 0 radical (unpaired) electrons. The predicted molar refractivity (Wildman–Crippen MR) is 77.0 cm³/mol. The fourth-order valence-corrected chi connectivity index (χ4v) is 1.84. The number of phenolic OH excluding ortho intramolecular Hbond substituents is 1. The van der Waals surface area contributed by atoms with Crippen LogP contribution in [0.1, 0.15) is 19.4 Å². The third-order valence-corrected chi connectivity index (χ3v) is 2.75. The molecule has 1 aromatic rings. The normalized spacial score (nSPS) is 11.0. The molecule has 0 aliphatic heterocycles. The lowest BCUT2D eigenvalue weighted by Gasteiger charge is -2.11. The van der Waals surface area contributed by atoms with Crippen LogP contribution in [0.5, 0.6) is 11.5 Å². The summed E-state index contributed by atoms with van der Waals surface area (Å²) in [4.78, 5) is 0. The number of phenols is 1. The standard InChI is InChI=1S/C14H22ClNO3/c1-10(2)9-19-5-4-16-8-11-6-12(15)7-13(18-3)14(11)17/h6-7,10,16-17H,4-5,8-9H2,1-3H3. The number of benzene rings is 1. The molecule has 1 rings (SSSR count). The number of aromatic hydroxyl groups is 1. The molecular formula is C14H22ClNO3. The Kier molecular flexibility index (Phi) is 6.99. The quantitative estimate of drug-likeness (QED) is 0.722. The van der Waals surface area contributed by atoms with Gasteiger partial charge in [0, 0.05) is 36.3 Å². The minimum absolute atomic E-state index is 0.127. The molecule has 19 heavy (non-hydrogen) atoms. The number of ether oxygens (including phenoxy) is 2. The predicted octanol–water partition coefficient (Wildman–Crippen LogP) is 2.82. The molecule has 2 N–H and O–H groups in total. The summed E-state index contributed by atoms with van der Waals surface area (Å²) in [6.07, 6.45) is 0. The molecule has 0 saturated carbocycles. The van der Waals surface area contributed by atoms with Gasteiger partial charge in [0.15, 0.2) is 11.5 Å². The molecule has 0 bridgehead atoms. The van der Waals surface area contributed by atoms with Gasteiger partial charge in [-0.15, -0.1) is 0 Å². The Morgan fingerprint density at radius 3 is 2.74 bits per heavy atom. The van der Waals surface area contributed by atoms with Crippen LogP contribution in [0, 0.1) is 5.92 Å². The van der Waals surface area contributed by atoms with E-state index in [2.05, 4.69) is 19.2 Å². The van der Waals surface area contributed by atoms with E-state index in [0.29, 0.717) is 35.4 Å². The van der Waals surface area contributed by atoms with Crippen molar-refractivity contribution >= 4 is 11.6 Å². The van der Waals surface area contributed by atoms with Crippen molar-refractivity contribution in [2.45, 2.75) is 20.4 Å². The van der Waals surface area contributed by atoms with Crippen LogP contribution < -0.4 is 10.1 Å². The maximum absolute atomic E-state index is 9.93. The van der Waals surface area contributed by atoms with Crippen LogP contribution in [0.3, 0.4) is 0 Å². The molecule has 0 aliphatic carbocycles. The first kappa shape index (κ1) is 16.1. The maximum Gasteiger partial charge on any atom is 0.162 e. The Balaban J connectivity index is 2.39. The van der Waals surface area contributed by atoms with E-state index >= 15 is 0 Å². The van der Waals surface area contributed by atoms with Gasteiger partial charge in [-0.3, -0.25) is 0 Å². The lowest BCUT2D eigenvalue weighted by Crippen LogP contribution is -2.20. The first-order chi connectivity index (χ1) is 9.04. The van der Waals surface area contributed by atoms with E-state index in [1.807, 2.05) is 0 Å². The molecule has 4 nitrogen and oxygen atoms in total. The Morgan fingerprint density at radius 2 is 2.11 bits per heavy atom. The van der Waals surface area contributed by atoms with Crippen LogP contribution >= 0.6 is 11.6 Å². The molecule has 0 atom stereocenters. The first-order valence-corrected chi connectivity index (χ1v) is 6.76. The number of hydrogen-bond acceptors (Lipinski definition) is 4. The monoisotopic (exact) mass is 287 g/mol. The SMILES string of the molecule is COc1cc(Cl)cc(CNCCOCC(C)C)c1O. The molecule has 0 spiro atoms. The van der Waals surface area contributed by atoms with Crippen LogP contribution in [0.25, 0.3) is 0 Å². The van der Waals surface area contributed by atoms with Crippen LogP contribution in [0.4, 0.5) is 0 Å². The highest BCUT2D eigenvalue weighted by Crippen LogP contribution is 2.33. The summed E-state index contributed by atoms with van der Waals surface area (Å²) in [5.74, 6) is 1.06. The summed E-state index contributed by atoms with van der Waals surface area (Å²) in [5, 5.41) is 13.7. The van der Waals surface area contributed by atoms with Gasteiger partial charge >= 0.3 is 0 Å². The van der Waals surface area contributed by atoms with Crippen LogP contribution in [-0.4, -0.2) is 32.0 Å². The molecule has 108 valence electrons. The molecule has 0 saturated heterocycles. The Labute approximate surface area is 119 Å². The van der Waals surface area contributed by atoms with Crippen molar-refractivity contribution in [2.24, 2.45) is 5.92 Å². The van der Waals surface area contributed by atoms with Crippen molar-refractivity contribution in [3.05, 3.63) is 22.7 Å².